The number of nitrogens with zero attached hydrogens (tertiary/aromatic N) is 4. The Hall–Kier alpha value is -2.66. The Morgan fingerprint density at radius 3 is 2.36 bits per heavy atom. The minimum Gasteiger partial charge on any atom is -0.497 e. The summed E-state index contributed by atoms with van der Waals surface area (Å²) in [5, 5.41) is 3.25. The van der Waals surface area contributed by atoms with Crippen LogP contribution in [0.25, 0.3) is 0 Å². The lowest BCUT2D eigenvalue weighted by Gasteiger charge is -2.23. The second-order valence-corrected chi connectivity index (χ2v) is 12.2. The first-order valence-corrected chi connectivity index (χ1v) is 14.4. The molecule has 11 heteroatoms. The van der Waals surface area contributed by atoms with E-state index in [0.29, 0.717) is 28.3 Å². The number of ether oxygens (including phenoxy) is 1. The molecule has 1 heterocycles. The van der Waals surface area contributed by atoms with Gasteiger partial charge in [-0.05, 0) is 75.3 Å². The fourth-order valence-electron chi connectivity index (χ4n) is 4.69. The Morgan fingerprint density at radius 2 is 1.79 bits per heavy atom. The topological polar surface area (TPSA) is 85.4 Å². The highest BCUT2D eigenvalue weighted by Crippen LogP contribution is 2.28. The van der Waals surface area contributed by atoms with Crippen molar-refractivity contribution in [2.24, 2.45) is 0 Å². The Labute approximate surface area is 239 Å². The minimum absolute atomic E-state index is 0.118. The second-order valence-electron chi connectivity index (χ2n) is 10.3. The predicted octanol–water partition coefficient (Wildman–Crippen LogP) is 2.83. The monoisotopic (exact) mass is 577 g/mol. The van der Waals surface area contributed by atoms with Gasteiger partial charge in [-0.3, -0.25) is 9.59 Å². The largest absolute Gasteiger partial charge is 0.497 e. The van der Waals surface area contributed by atoms with Crippen molar-refractivity contribution < 1.29 is 18.5 Å². The molecule has 2 aromatic carbocycles. The molecule has 0 saturated carbocycles. The van der Waals surface area contributed by atoms with Crippen molar-refractivity contribution >= 4 is 40.1 Å². The van der Waals surface area contributed by atoms with Crippen LogP contribution < -0.4 is 15.0 Å². The van der Waals surface area contributed by atoms with Crippen LogP contribution in [-0.2, 0) is 27.1 Å². The van der Waals surface area contributed by atoms with E-state index in [4.69, 9.17) is 16.3 Å². The van der Waals surface area contributed by atoms with E-state index >= 15 is 0 Å². The van der Waals surface area contributed by atoms with E-state index in [9.17, 15) is 13.8 Å². The van der Waals surface area contributed by atoms with Crippen molar-refractivity contribution in [2.45, 2.75) is 37.8 Å². The number of methoxy groups -OCH3 is 1. The van der Waals surface area contributed by atoms with Gasteiger partial charge in [0.15, 0.2) is 0 Å². The molecule has 9 nitrogen and oxygen atoms in total. The molecular weight excluding hydrogens is 538 g/mol. The fourth-order valence-corrected chi connectivity index (χ4v) is 6.14. The van der Waals surface area contributed by atoms with Crippen molar-refractivity contribution in [1.29, 1.82) is 0 Å². The first kappa shape index (κ1) is 30.9. The molecule has 0 aliphatic carbocycles. The van der Waals surface area contributed by atoms with Gasteiger partial charge in [0.1, 0.15) is 16.7 Å². The minimum atomic E-state index is -1.54. The molecule has 1 fully saturated rings. The summed E-state index contributed by atoms with van der Waals surface area (Å²) >= 11 is 6.57. The van der Waals surface area contributed by atoms with Gasteiger partial charge in [-0.15, -0.1) is 0 Å². The van der Waals surface area contributed by atoms with Crippen LogP contribution in [0.2, 0.25) is 5.02 Å². The summed E-state index contributed by atoms with van der Waals surface area (Å²) in [6.07, 6.45) is 1.11. The third kappa shape index (κ3) is 7.94. The smallest absolute Gasteiger partial charge is 0.242 e. The molecule has 1 N–H and O–H groups in total. The Bertz CT molecular complexity index is 1200. The zero-order valence-electron chi connectivity index (χ0n) is 23.9. The first-order valence-electron chi connectivity index (χ1n) is 12.9. The summed E-state index contributed by atoms with van der Waals surface area (Å²) in [7, 11) is 7.53. The van der Waals surface area contributed by atoms with Crippen LogP contribution >= 0.6 is 11.6 Å². The molecule has 2 amide bonds. The standard InChI is InChI=1S/C28H40ClN5O4S/c1-19-12-24(38-7)13-20(2)28(19)39(37)33(6)18-26(35)30-15-27(36)32(5)16-21-8-9-22(14-25(21)29)34-11-10-23(17-34)31(3)4/h8-9,12-14,23H,10-11,15-18H2,1-7H3,(H,30,35). The number of aryl methyl sites for hydroxylation is 2. The number of anilines is 1. The molecule has 0 spiro atoms. The van der Waals surface area contributed by atoms with Crippen LogP contribution in [0.4, 0.5) is 5.69 Å². The van der Waals surface area contributed by atoms with Crippen LogP contribution in [0, 0.1) is 13.8 Å². The van der Waals surface area contributed by atoms with Crippen molar-refractivity contribution in [3.8, 4) is 5.75 Å². The van der Waals surface area contributed by atoms with Gasteiger partial charge in [0.2, 0.25) is 11.8 Å². The number of hydrogen-bond donors (Lipinski definition) is 1. The Kier molecular flexibility index (Phi) is 10.8. The highest BCUT2D eigenvalue weighted by atomic mass is 35.5. The van der Waals surface area contributed by atoms with Crippen LogP contribution in [0.3, 0.4) is 0 Å². The summed E-state index contributed by atoms with van der Waals surface area (Å²) in [4.78, 5) is 32.0. The number of benzene rings is 2. The van der Waals surface area contributed by atoms with Gasteiger partial charge in [0.25, 0.3) is 0 Å². The maximum Gasteiger partial charge on any atom is 0.242 e. The lowest BCUT2D eigenvalue weighted by atomic mass is 10.1. The van der Waals surface area contributed by atoms with E-state index in [1.54, 1.807) is 21.2 Å². The van der Waals surface area contributed by atoms with Gasteiger partial charge in [0.05, 0.1) is 25.1 Å². The quantitative estimate of drug-likeness (QED) is 0.442. The number of hydrogen-bond acceptors (Lipinski definition) is 6. The summed E-state index contributed by atoms with van der Waals surface area (Å²) < 4.78 is 19.8. The summed E-state index contributed by atoms with van der Waals surface area (Å²) in [5.41, 5.74) is 3.56. The highest BCUT2D eigenvalue weighted by molar-refractivity contribution is 7.82. The van der Waals surface area contributed by atoms with Crippen molar-refractivity contribution in [2.75, 3.05) is 66.4 Å². The van der Waals surface area contributed by atoms with E-state index in [0.717, 1.165) is 41.9 Å². The Balaban J connectivity index is 1.50. The molecule has 3 rings (SSSR count). The highest BCUT2D eigenvalue weighted by Gasteiger charge is 2.25. The number of carbonyl (C=O) groups is 2. The molecule has 0 aromatic heterocycles. The number of likely N-dealkylation sites (N-methyl/N-ethyl adjacent to an activating group) is 3. The van der Waals surface area contributed by atoms with Crippen LogP contribution in [0.1, 0.15) is 23.1 Å². The maximum absolute atomic E-state index is 13.1. The predicted molar refractivity (Wildman–Crippen MR) is 157 cm³/mol. The molecule has 0 bridgehead atoms. The van der Waals surface area contributed by atoms with Gasteiger partial charge in [-0.25, -0.2) is 8.51 Å². The molecule has 39 heavy (non-hydrogen) atoms. The van der Waals surface area contributed by atoms with E-state index < -0.39 is 11.0 Å². The van der Waals surface area contributed by atoms with E-state index in [-0.39, 0.29) is 24.9 Å². The zero-order valence-corrected chi connectivity index (χ0v) is 25.5. The molecule has 0 radical (unpaired) electrons. The van der Waals surface area contributed by atoms with Crippen LogP contribution in [0.15, 0.2) is 35.2 Å². The van der Waals surface area contributed by atoms with Crippen molar-refractivity contribution in [3.05, 3.63) is 52.0 Å². The van der Waals surface area contributed by atoms with E-state index in [1.807, 2.05) is 44.2 Å². The van der Waals surface area contributed by atoms with Gasteiger partial charge in [0, 0.05) is 50.5 Å². The van der Waals surface area contributed by atoms with Gasteiger partial charge in [-0.2, -0.15) is 0 Å². The van der Waals surface area contributed by atoms with E-state index in [1.165, 1.54) is 9.21 Å². The lowest BCUT2D eigenvalue weighted by Crippen LogP contribution is -2.42. The first-order chi connectivity index (χ1) is 18.4. The summed E-state index contributed by atoms with van der Waals surface area (Å²) in [5.74, 6) is 0.0543. The number of nitrogens with one attached hydrogen (secondary N) is 1. The average molecular weight is 578 g/mol. The number of carbonyl (C=O) groups excluding carboxylic acids is 2. The molecule has 2 atom stereocenters. The summed E-state index contributed by atoms with van der Waals surface area (Å²) in [6.45, 7) is 5.71. The van der Waals surface area contributed by atoms with Crippen molar-refractivity contribution in [1.82, 2.24) is 19.4 Å². The molecular formula is C28H40ClN5O4S. The normalized spacial score (nSPS) is 16.1. The lowest BCUT2D eigenvalue weighted by molar-refractivity contribution is -0.132. The van der Waals surface area contributed by atoms with Crippen LogP contribution in [-0.4, -0.2) is 97.6 Å². The van der Waals surface area contributed by atoms with Gasteiger partial charge < -0.3 is 24.8 Å². The zero-order chi connectivity index (χ0) is 28.9. The van der Waals surface area contributed by atoms with Crippen molar-refractivity contribution in [3.63, 3.8) is 0 Å². The Morgan fingerprint density at radius 1 is 1.13 bits per heavy atom. The third-order valence-electron chi connectivity index (χ3n) is 7.06. The molecule has 1 aliphatic heterocycles. The number of halogens is 1. The maximum atomic E-state index is 13.1. The molecule has 2 aromatic rings. The average Bonchev–Trinajstić information content (AvgIpc) is 3.38. The molecule has 1 aliphatic rings. The second kappa shape index (κ2) is 13.6. The number of rotatable bonds is 11. The number of amides is 2. The third-order valence-corrected chi connectivity index (χ3v) is 9.10. The van der Waals surface area contributed by atoms with E-state index in [2.05, 4.69) is 29.2 Å². The van der Waals surface area contributed by atoms with Gasteiger partial charge >= 0.3 is 0 Å². The van der Waals surface area contributed by atoms with Gasteiger partial charge in [-0.1, -0.05) is 17.7 Å². The SMILES string of the molecule is COc1cc(C)c(S(=O)N(C)CC(=O)NCC(=O)N(C)Cc2ccc(N3CCC(N(C)C)C3)cc2Cl)c(C)c1. The molecule has 214 valence electrons. The molecule has 1 saturated heterocycles. The molecule has 2 unspecified atom stereocenters. The van der Waals surface area contributed by atoms with Crippen LogP contribution in [0.5, 0.6) is 5.75 Å². The summed E-state index contributed by atoms with van der Waals surface area (Å²) in [6, 6.07) is 10.1. The fraction of sp³-hybridized carbons (Fsp3) is 0.500.